The number of piperazine rings is 1. The summed E-state index contributed by atoms with van der Waals surface area (Å²) in [6.07, 6.45) is -0.561. The number of amides is 1. The molecule has 1 saturated heterocycles. The number of hydrogen-bond donors (Lipinski definition) is 0. The van der Waals surface area contributed by atoms with Gasteiger partial charge in [-0.05, 0) is 28.5 Å². The Morgan fingerprint density at radius 1 is 0.862 bits per heavy atom. The van der Waals surface area contributed by atoms with Gasteiger partial charge in [0.2, 0.25) is 6.10 Å². The van der Waals surface area contributed by atoms with Crippen LogP contribution in [0.1, 0.15) is 5.56 Å². The molecule has 3 aromatic carbocycles. The maximum absolute atomic E-state index is 12.9. The number of para-hydroxylation sites is 2. The Balaban J connectivity index is 1.20. The Morgan fingerprint density at radius 2 is 1.59 bits per heavy atom. The molecule has 0 aliphatic carbocycles. The van der Waals surface area contributed by atoms with Crippen LogP contribution < -0.4 is 9.47 Å². The van der Waals surface area contributed by atoms with Crippen molar-refractivity contribution in [3.8, 4) is 11.5 Å². The van der Waals surface area contributed by atoms with Crippen LogP contribution in [0.15, 0.2) is 66.7 Å². The van der Waals surface area contributed by atoms with Crippen LogP contribution in [-0.4, -0.2) is 54.6 Å². The predicted octanol–water partition coefficient (Wildman–Crippen LogP) is 3.32. The van der Waals surface area contributed by atoms with Gasteiger partial charge in [0.25, 0.3) is 5.91 Å². The summed E-state index contributed by atoms with van der Waals surface area (Å²) in [5, 5.41) is 2.58. The third kappa shape index (κ3) is 3.66. The van der Waals surface area contributed by atoms with Crippen molar-refractivity contribution in [1.82, 2.24) is 9.80 Å². The van der Waals surface area contributed by atoms with Crippen molar-refractivity contribution in [3.05, 3.63) is 72.3 Å². The van der Waals surface area contributed by atoms with Crippen molar-refractivity contribution in [2.45, 2.75) is 12.6 Å². The number of carbonyl (C=O) groups excluding carboxylic acids is 1. The van der Waals surface area contributed by atoms with Gasteiger partial charge in [-0.1, -0.05) is 54.6 Å². The molecule has 3 aromatic rings. The second-order valence-corrected chi connectivity index (χ2v) is 7.60. The van der Waals surface area contributed by atoms with E-state index < -0.39 is 6.10 Å². The lowest BCUT2D eigenvalue weighted by Crippen LogP contribution is -2.53. The molecule has 1 fully saturated rings. The molecule has 0 radical (unpaired) electrons. The van der Waals surface area contributed by atoms with E-state index in [0.717, 1.165) is 19.6 Å². The first-order valence-electron chi connectivity index (χ1n) is 10.1. The smallest absolute Gasteiger partial charge is 0.267 e. The molecule has 1 unspecified atom stereocenters. The van der Waals surface area contributed by atoms with Crippen molar-refractivity contribution in [1.29, 1.82) is 0 Å². The molecule has 5 rings (SSSR count). The second-order valence-electron chi connectivity index (χ2n) is 7.60. The van der Waals surface area contributed by atoms with Gasteiger partial charge in [-0.25, -0.2) is 0 Å². The first kappa shape index (κ1) is 18.0. The standard InChI is InChI=1S/C24H24N2O3/c27-24(23-17-28-21-10-3-4-11-22(21)29-23)26-14-12-25(13-15-26)16-19-8-5-7-18-6-1-2-9-20(18)19/h1-11,23H,12-17H2. The van der Waals surface area contributed by atoms with Crippen molar-refractivity contribution < 1.29 is 14.3 Å². The third-order valence-corrected chi connectivity index (χ3v) is 5.74. The normalized spacial score (nSPS) is 19.3. The van der Waals surface area contributed by atoms with Gasteiger partial charge in [0.05, 0.1) is 0 Å². The molecule has 5 heteroatoms. The lowest BCUT2D eigenvalue weighted by Gasteiger charge is -2.37. The van der Waals surface area contributed by atoms with Gasteiger partial charge in [0.1, 0.15) is 6.61 Å². The van der Waals surface area contributed by atoms with Gasteiger partial charge < -0.3 is 14.4 Å². The lowest BCUT2D eigenvalue weighted by atomic mass is 10.0. The van der Waals surface area contributed by atoms with E-state index >= 15 is 0 Å². The zero-order valence-electron chi connectivity index (χ0n) is 16.3. The summed E-state index contributed by atoms with van der Waals surface area (Å²) < 4.78 is 11.6. The van der Waals surface area contributed by atoms with Gasteiger partial charge in [0, 0.05) is 32.7 Å². The highest BCUT2D eigenvalue weighted by molar-refractivity contribution is 5.85. The van der Waals surface area contributed by atoms with Crippen molar-refractivity contribution in [2.75, 3.05) is 32.8 Å². The Morgan fingerprint density at radius 3 is 2.45 bits per heavy atom. The van der Waals surface area contributed by atoms with Crippen LogP contribution in [0.3, 0.4) is 0 Å². The molecule has 5 nitrogen and oxygen atoms in total. The fraction of sp³-hybridized carbons (Fsp3) is 0.292. The van der Waals surface area contributed by atoms with Gasteiger partial charge in [-0.15, -0.1) is 0 Å². The summed E-state index contributed by atoms with van der Waals surface area (Å²) in [4.78, 5) is 17.2. The summed E-state index contributed by atoms with van der Waals surface area (Å²) in [7, 11) is 0. The van der Waals surface area contributed by atoms with E-state index in [1.807, 2.05) is 29.2 Å². The van der Waals surface area contributed by atoms with Crippen molar-refractivity contribution in [3.63, 3.8) is 0 Å². The number of fused-ring (bicyclic) bond motifs is 2. The number of ether oxygens (including phenoxy) is 2. The molecule has 0 aromatic heterocycles. The zero-order valence-corrected chi connectivity index (χ0v) is 16.3. The molecular weight excluding hydrogens is 364 g/mol. The van der Waals surface area contributed by atoms with Crippen LogP contribution in [0.4, 0.5) is 0 Å². The van der Waals surface area contributed by atoms with E-state index in [0.29, 0.717) is 24.6 Å². The van der Waals surface area contributed by atoms with Crippen molar-refractivity contribution in [2.24, 2.45) is 0 Å². The van der Waals surface area contributed by atoms with Crippen LogP contribution >= 0.6 is 0 Å². The zero-order chi connectivity index (χ0) is 19.6. The Hall–Kier alpha value is -3.05. The molecule has 0 saturated carbocycles. The molecule has 2 heterocycles. The van der Waals surface area contributed by atoms with Crippen LogP contribution in [-0.2, 0) is 11.3 Å². The fourth-order valence-corrected chi connectivity index (χ4v) is 4.14. The first-order valence-corrected chi connectivity index (χ1v) is 10.1. The van der Waals surface area contributed by atoms with E-state index in [1.165, 1.54) is 16.3 Å². The monoisotopic (exact) mass is 388 g/mol. The maximum Gasteiger partial charge on any atom is 0.267 e. The number of carbonyl (C=O) groups is 1. The molecule has 1 amide bonds. The Bertz CT molecular complexity index is 1020. The largest absolute Gasteiger partial charge is 0.485 e. The maximum atomic E-state index is 12.9. The number of hydrogen-bond acceptors (Lipinski definition) is 4. The van der Waals surface area contributed by atoms with Gasteiger partial charge in [-0.3, -0.25) is 9.69 Å². The molecule has 0 N–H and O–H groups in total. The van der Waals surface area contributed by atoms with Crippen LogP contribution in [0.5, 0.6) is 11.5 Å². The minimum absolute atomic E-state index is 0.0179. The minimum Gasteiger partial charge on any atom is -0.485 e. The highest BCUT2D eigenvalue weighted by atomic mass is 16.6. The van der Waals surface area contributed by atoms with Crippen LogP contribution in [0, 0.1) is 0 Å². The molecule has 2 aliphatic heterocycles. The van der Waals surface area contributed by atoms with E-state index in [2.05, 4.69) is 47.4 Å². The first-order chi connectivity index (χ1) is 14.3. The highest BCUT2D eigenvalue weighted by Gasteiger charge is 2.32. The van der Waals surface area contributed by atoms with E-state index in [1.54, 1.807) is 0 Å². The highest BCUT2D eigenvalue weighted by Crippen LogP contribution is 2.31. The molecule has 29 heavy (non-hydrogen) atoms. The molecule has 148 valence electrons. The number of rotatable bonds is 3. The molecule has 0 spiro atoms. The van der Waals surface area contributed by atoms with E-state index in [-0.39, 0.29) is 12.5 Å². The molecule has 0 bridgehead atoms. The summed E-state index contributed by atoms with van der Waals surface area (Å²) in [5.74, 6) is 1.37. The summed E-state index contributed by atoms with van der Waals surface area (Å²) in [6.45, 7) is 4.32. The van der Waals surface area contributed by atoms with Gasteiger partial charge in [0.15, 0.2) is 11.5 Å². The fourth-order valence-electron chi connectivity index (χ4n) is 4.14. The second kappa shape index (κ2) is 7.76. The van der Waals surface area contributed by atoms with E-state index in [9.17, 15) is 4.79 Å². The molecule has 1 atom stereocenters. The SMILES string of the molecule is O=C(C1COc2ccccc2O1)N1CCN(Cc2cccc3ccccc23)CC1. The van der Waals surface area contributed by atoms with Crippen molar-refractivity contribution >= 4 is 16.7 Å². The van der Waals surface area contributed by atoms with Crippen LogP contribution in [0.25, 0.3) is 10.8 Å². The molecule has 2 aliphatic rings. The Labute approximate surface area is 170 Å². The van der Waals surface area contributed by atoms with Gasteiger partial charge >= 0.3 is 0 Å². The summed E-state index contributed by atoms with van der Waals surface area (Å²) in [6, 6.07) is 22.5. The van der Waals surface area contributed by atoms with E-state index in [4.69, 9.17) is 9.47 Å². The number of nitrogens with zero attached hydrogens (tertiary/aromatic N) is 2. The summed E-state index contributed by atoms with van der Waals surface area (Å²) >= 11 is 0. The summed E-state index contributed by atoms with van der Waals surface area (Å²) in [5.41, 5.74) is 1.34. The number of benzene rings is 3. The van der Waals surface area contributed by atoms with Crippen LogP contribution in [0.2, 0.25) is 0 Å². The lowest BCUT2D eigenvalue weighted by molar-refractivity contribution is -0.143. The third-order valence-electron chi connectivity index (χ3n) is 5.74. The Kier molecular flexibility index (Phi) is 4.82. The van der Waals surface area contributed by atoms with Gasteiger partial charge in [-0.2, -0.15) is 0 Å². The average molecular weight is 388 g/mol. The molecular formula is C24H24N2O3. The quantitative estimate of drug-likeness (QED) is 0.690. The minimum atomic E-state index is -0.561. The topological polar surface area (TPSA) is 42.0 Å². The average Bonchev–Trinajstić information content (AvgIpc) is 2.79. The predicted molar refractivity (Wildman–Crippen MR) is 112 cm³/mol.